The van der Waals surface area contributed by atoms with E-state index in [1.807, 2.05) is 7.05 Å². The van der Waals surface area contributed by atoms with Crippen LogP contribution in [-0.4, -0.2) is 37.7 Å². The summed E-state index contributed by atoms with van der Waals surface area (Å²) in [4.78, 5) is 2.52. The number of nitrogens with zero attached hydrogens (tertiary/aromatic N) is 1. The topological polar surface area (TPSA) is 24.5 Å². The third-order valence-electron chi connectivity index (χ3n) is 3.64. The average Bonchev–Trinajstić information content (AvgIpc) is 2.40. The van der Waals surface area contributed by atoms with Gasteiger partial charge in [0.05, 0.1) is 6.10 Å². The van der Waals surface area contributed by atoms with E-state index in [1.165, 1.54) is 30.5 Å². The number of rotatable bonds is 6. The van der Waals surface area contributed by atoms with Gasteiger partial charge in [0.15, 0.2) is 0 Å². The lowest BCUT2D eigenvalue weighted by molar-refractivity contribution is 0.00363. The van der Waals surface area contributed by atoms with Crippen LogP contribution in [0.15, 0.2) is 24.3 Å². The molecule has 1 heterocycles. The highest BCUT2D eigenvalue weighted by Gasteiger charge is 2.19. The molecule has 0 radical (unpaired) electrons. The third kappa shape index (κ3) is 4.60. The zero-order valence-electron chi connectivity index (χ0n) is 12.2. The molecule has 19 heavy (non-hydrogen) atoms. The summed E-state index contributed by atoms with van der Waals surface area (Å²) in [7, 11) is 1.99. The zero-order chi connectivity index (χ0) is 13.5. The Morgan fingerprint density at radius 3 is 3.00 bits per heavy atom. The van der Waals surface area contributed by atoms with E-state index < -0.39 is 0 Å². The number of nitrogens with one attached hydrogen (secondary N) is 1. The Labute approximate surface area is 116 Å². The molecule has 0 amide bonds. The minimum atomic E-state index is 0.430. The SMILES string of the molecule is CCOC1CCCN(Cc2cccc(CNC)c2)C1. The molecule has 1 aliphatic heterocycles. The Morgan fingerprint density at radius 1 is 1.37 bits per heavy atom. The molecule has 0 aromatic heterocycles. The third-order valence-corrected chi connectivity index (χ3v) is 3.64. The second-order valence-corrected chi connectivity index (χ2v) is 5.30. The largest absolute Gasteiger partial charge is 0.377 e. The summed E-state index contributed by atoms with van der Waals surface area (Å²) in [6.45, 7) is 7.16. The molecule has 1 aromatic carbocycles. The van der Waals surface area contributed by atoms with Crippen LogP contribution >= 0.6 is 0 Å². The van der Waals surface area contributed by atoms with Crippen LogP contribution in [-0.2, 0) is 17.8 Å². The van der Waals surface area contributed by atoms with Gasteiger partial charge in [0.25, 0.3) is 0 Å². The van der Waals surface area contributed by atoms with Gasteiger partial charge in [0.2, 0.25) is 0 Å². The molecule has 1 saturated heterocycles. The molecule has 1 atom stereocenters. The van der Waals surface area contributed by atoms with E-state index in [2.05, 4.69) is 41.4 Å². The fraction of sp³-hybridized carbons (Fsp3) is 0.625. The molecule has 106 valence electrons. The number of ether oxygens (including phenoxy) is 1. The average molecular weight is 262 g/mol. The van der Waals surface area contributed by atoms with Crippen LogP contribution < -0.4 is 5.32 Å². The Balaban J connectivity index is 1.90. The van der Waals surface area contributed by atoms with Gasteiger partial charge in [-0.15, -0.1) is 0 Å². The fourth-order valence-corrected chi connectivity index (χ4v) is 2.83. The Kier molecular flexibility index (Phi) is 5.83. The molecule has 3 heteroatoms. The molecule has 0 bridgehead atoms. The Hall–Kier alpha value is -0.900. The van der Waals surface area contributed by atoms with Crippen LogP contribution in [0.25, 0.3) is 0 Å². The van der Waals surface area contributed by atoms with Crippen LogP contribution in [0.2, 0.25) is 0 Å². The Bertz CT molecular complexity index is 379. The first-order valence-electron chi connectivity index (χ1n) is 7.38. The first-order valence-corrected chi connectivity index (χ1v) is 7.38. The van der Waals surface area contributed by atoms with Crippen LogP contribution in [0, 0.1) is 0 Å². The van der Waals surface area contributed by atoms with Gasteiger partial charge < -0.3 is 10.1 Å². The standard InChI is InChI=1S/C16H26N2O/c1-3-19-16-8-5-9-18(13-16)12-15-7-4-6-14(10-15)11-17-2/h4,6-7,10,16-17H,3,5,8-9,11-13H2,1-2H3. The van der Waals surface area contributed by atoms with Crippen LogP contribution in [0.5, 0.6) is 0 Å². The van der Waals surface area contributed by atoms with Gasteiger partial charge in [-0.1, -0.05) is 24.3 Å². The maximum Gasteiger partial charge on any atom is 0.0702 e. The number of hydrogen-bond donors (Lipinski definition) is 1. The minimum absolute atomic E-state index is 0.430. The van der Waals surface area contributed by atoms with Gasteiger partial charge >= 0.3 is 0 Å². The van der Waals surface area contributed by atoms with E-state index in [-0.39, 0.29) is 0 Å². The van der Waals surface area contributed by atoms with Crippen LogP contribution in [0.4, 0.5) is 0 Å². The molecule has 0 aliphatic carbocycles. The van der Waals surface area contributed by atoms with E-state index in [1.54, 1.807) is 0 Å². The van der Waals surface area contributed by atoms with Crippen LogP contribution in [0.3, 0.4) is 0 Å². The Morgan fingerprint density at radius 2 is 2.21 bits per heavy atom. The van der Waals surface area contributed by atoms with Crippen molar-refractivity contribution in [2.45, 2.75) is 39.0 Å². The number of benzene rings is 1. The smallest absolute Gasteiger partial charge is 0.0702 e. The van der Waals surface area contributed by atoms with Crippen molar-refractivity contribution < 1.29 is 4.74 Å². The molecule has 1 aromatic rings. The number of piperidine rings is 1. The van der Waals surface area contributed by atoms with Gasteiger partial charge in [-0.25, -0.2) is 0 Å². The van der Waals surface area contributed by atoms with Gasteiger partial charge in [-0.3, -0.25) is 4.90 Å². The molecular weight excluding hydrogens is 236 g/mol. The predicted octanol–water partition coefficient (Wildman–Crippen LogP) is 2.41. The fourth-order valence-electron chi connectivity index (χ4n) is 2.83. The summed E-state index contributed by atoms with van der Waals surface area (Å²) in [6.07, 6.45) is 2.89. The molecule has 0 spiro atoms. The van der Waals surface area contributed by atoms with E-state index in [0.29, 0.717) is 6.10 Å². The number of hydrogen-bond acceptors (Lipinski definition) is 3. The molecule has 1 fully saturated rings. The van der Waals surface area contributed by atoms with Gasteiger partial charge in [0.1, 0.15) is 0 Å². The monoisotopic (exact) mass is 262 g/mol. The number of likely N-dealkylation sites (tertiary alicyclic amines) is 1. The van der Waals surface area contributed by atoms with Crippen LogP contribution in [0.1, 0.15) is 30.9 Å². The molecule has 0 saturated carbocycles. The minimum Gasteiger partial charge on any atom is -0.377 e. The lowest BCUT2D eigenvalue weighted by Crippen LogP contribution is -2.39. The zero-order valence-corrected chi connectivity index (χ0v) is 12.2. The molecule has 2 rings (SSSR count). The summed E-state index contributed by atoms with van der Waals surface area (Å²) in [5.41, 5.74) is 2.77. The second-order valence-electron chi connectivity index (χ2n) is 5.30. The summed E-state index contributed by atoms with van der Waals surface area (Å²) in [5, 5.41) is 3.21. The van der Waals surface area contributed by atoms with E-state index in [9.17, 15) is 0 Å². The van der Waals surface area contributed by atoms with E-state index in [4.69, 9.17) is 4.74 Å². The molecule has 1 aliphatic rings. The first-order chi connectivity index (χ1) is 9.31. The van der Waals surface area contributed by atoms with Crippen molar-refractivity contribution in [2.75, 3.05) is 26.7 Å². The van der Waals surface area contributed by atoms with E-state index >= 15 is 0 Å². The highest BCUT2D eigenvalue weighted by atomic mass is 16.5. The molecule has 3 nitrogen and oxygen atoms in total. The molecule has 1 unspecified atom stereocenters. The maximum atomic E-state index is 5.76. The quantitative estimate of drug-likeness (QED) is 0.852. The molecular formula is C16H26N2O. The molecule has 1 N–H and O–H groups in total. The second kappa shape index (κ2) is 7.63. The lowest BCUT2D eigenvalue weighted by Gasteiger charge is -2.32. The highest BCUT2D eigenvalue weighted by molar-refractivity contribution is 5.23. The van der Waals surface area contributed by atoms with Gasteiger partial charge in [-0.2, -0.15) is 0 Å². The summed E-state index contributed by atoms with van der Waals surface area (Å²) < 4.78 is 5.76. The van der Waals surface area contributed by atoms with Crippen molar-refractivity contribution in [1.29, 1.82) is 0 Å². The maximum absolute atomic E-state index is 5.76. The summed E-state index contributed by atoms with van der Waals surface area (Å²) in [6, 6.07) is 8.87. The predicted molar refractivity (Wildman–Crippen MR) is 79.1 cm³/mol. The lowest BCUT2D eigenvalue weighted by atomic mass is 10.1. The first kappa shape index (κ1) is 14.5. The normalized spacial score (nSPS) is 20.6. The van der Waals surface area contributed by atoms with Crippen molar-refractivity contribution in [3.8, 4) is 0 Å². The van der Waals surface area contributed by atoms with Crippen molar-refractivity contribution in [2.24, 2.45) is 0 Å². The summed E-state index contributed by atoms with van der Waals surface area (Å²) >= 11 is 0. The van der Waals surface area contributed by atoms with E-state index in [0.717, 1.165) is 26.2 Å². The summed E-state index contributed by atoms with van der Waals surface area (Å²) in [5.74, 6) is 0. The van der Waals surface area contributed by atoms with Crippen molar-refractivity contribution in [3.63, 3.8) is 0 Å². The van der Waals surface area contributed by atoms with Crippen molar-refractivity contribution in [3.05, 3.63) is 35.4 Å². The van der Waals surface area contributed by atoms with Gasteiger partial charge in [0, 0.05) is 26.2 Å². The van der Waals surface area contributed by atoms with Crippen molar-refractivity contribution >= 4 is 0 Å². The van der Waals surface area contributed by atoms with Crippen molar-refractivity contribution in [1.82, 2.24) is 10.2 Å². The van der Waals surface area contributed by atoms with Gasteiger partial charge in [-0.05, 0) is 44.5 Å². The highest BCUT2D eigenvalue weighted by Crippen LogP contribution is 2.16.